The highest BCUT2D eigenvalue weighted by Gasteiger charge is 2.51. The van der Waals surface area contributed by atoms with Crippen molar-refractivity contribution in [3.05, 3.63) is 46.7 Å². The van der Waals surface area contributed by atoms with E-state index in [2.05, 4.69) is 29.5 Å². The van der Waals surface area contributed by atoms with Gasteiger partial charge in [-0.15, -0.1) is 5.10 Å². The summed E-state index contributed by atoms with van der Waals surface area (Å²) < 4.78 is 7.05. The maximum Gasteiger partial charge on any atom is 0.361 e. The fourth-order valence-electron chi connectivity index (χ4n) is 4.49. The number of rotatable bonds is 9. The molecule has 7 nitrogen and oxygen atoms in total. The molecule has 1 aliphatic carbocycles. The van der Waals surface area contributed by atoms with E-state index in [0.717, 1.165) is 19.3 Å². The van der Waals surface area contributed by atoms with Gasteiger partial charge in [-0.1, -0.05) is 37.1 Å². The van der Waals surface area contributed by atoms with Gasteiger partial charge in [0.15, 0.2) is 5.69 Å². The van der Waals surface area contributed by atoms with Crippen LogP contribution in [0.5, 0.6) is 0 Å². The molecule has 1 amide bonds. The van der Waals surface area contributed by atoms with Crippen molar-refractivity contribution in [2.24, 2.45) is 17.8 Å². The van der Waals surface area contributed by atoms with Gasteiger partial charge in [0.2, 0.25) is 0 Å². The van der Waals surface area contributed by atoms with Crippen LogP contribution >= 0.6 is 11.6 Å². The van der Waals surface area contributed by atoms with E-state index in [1.165, 1.54) is 0 Å². The molecule has 32 heavy (non-hydrogen) atoms. The van der Waals surface area contributed by atoms with Gasteiger partial charge in [-0.3, -0.25) is 9.48 Å². The average Bonchev–Trinajstić information content (AvgIpc) is 3.21. The number of ether oxygens (including phenoxy) is 1. The van der Waals surface area contributed by atoms with Gasteiger partial charge in [0, 0.05) is 23.2 Å². The normalized spacial score (nSPS) is 21.1. The number of benzene rings is 1. The van der Waals surface area contributed by atoms with E-state index >= 15 is 0 Å². The van der Waals surface area contributed by atoms with Gasteiger partial charge >= 0.3 is 5.97 Å². The van der Waals surface area contributed by atoms with E-state index in [1.807, 2.05) is 20.8 Å². The molecule has 174 valence electrons. The number of aryl methyl sites for hydroxylation is 1. The molecule has 0 saturated heterocycles. The lowest BCUT2D eigenvalue weighted by Gasteiger charge is -2.18. The molecule has 2 aromatic rings. The lowest BCUT2D eigenvalue weighted by molar-refractivity contribution is 0.00625. The molecule has 1 heterocycles. The second-order valence-electron chi connectivity index (χ2n) is 9.47. The molecule has 3 rings (SSSR count). The lowest BCUT2D eigenvalue weighted by atomic mass is 10.0. The molecule has 1 saturated carbocycles. The Morgan fingerprint density at radius 2 is 1.88 bits per heavy atom. The van der Waals surface area contributed by atoms with Gasteiger partial charge in [-0.2, -0.15) is 0 Å². The van der Waals surface area contributed by atoms with Gasteiger partial charge in [0.1, 0.15) is 5.60 Å². The first-order valence-electron chi connectivity index (χ1n) is 11.3. The molecular formula is C24H33ClN4O3. The number of amides is 1. The van der Waals surface area contributed by atoms with Gasteiger partial charge in [-0.25, -0.2) is 4.79 Å². The van der Waals surface area contributed by atoms with Gasteiger partial charge < -0.3 is 10.1 Å². The highest BCUT2D eigenvalue weighted by molar-refractivity contribution is 6.30. The van der Waals surface area contributed by atoms with Crippen molar-refractivity contribution in [2.75, 3.05) is 0 Å². The van der Waals surface area contributed by atoms with Crippen LogP contribution in [0.25, 0.3) is 0 Å². The first-order valence-corrected chi connectivity index (χ1v) is 11.7. The van der Waals surface area contributed by atoms with Crippen molar-refractivity contribution < 1.29 is 14.3 Å². The van der Waals surface area contributed by atoms with E-state index in [1.54, 1.807) is 35.1 Å². The molecule has 0 aliphatic heterocycles. The fraction of sp³-hybridized carbons (Fsp3) is 0.583. The third kappa shape index (κ3) is 6.09. The molecular weight excluding hydrogens is 428 g/mol. The molecule has 4 unspecified atom stereocenters. The molecule has 0 radical (unpaired) electrons. The zero-order chi connectivity index (χ0) is 23.5. The van der Waals surface area contributed by atoms with E-state index in [-0.39, 0.29) is 17.6 Å². The fourth-order valence-corrected chi connectivity index (χ4v) is 4.62. The zero-order valence-corrected chi connectivity index (χ0v) is 20.2. The average molecular weight is 461 g/mol. The molecule has 0 spiro atoms. The summed E-state index contributed by atoms with van der Waals surface area (Å²) in [7, 11) is 0. The Morgan fingerprint density at radius 3 is 2.47 bits per heavy atom. The molecule has 8 heteroatoms. The quantitative estimate of drug-likeness (QED) is 0.545. The molecule has 1 aromatic heterocycles. The molecule has 1 fully saturated rings. The Hall–Kier alpha value is -2.41. The molecule has 1 aromatic carbocycles. The van der Waals surface area contributed by atoms with Crippen molar-refractivity contribution in [1.82, 2.24) is 20.3 Å². The lowest BCUT2D eigenvalue weighted by Crippen LogP contribution is -2.36. The number of nitrogens with one attached hydrogen (secondary N) is 1. The number of hydrogen-bond donors (Lipinski definition) is 1. The maximum atomic E-state index is 12.7. The Balaban J connectivity index is 1.56. The number of nitrogens with zero attached hydrogens (tertiary/aromatic N) is 3. The van der Waals surface area contributed by atoms with Crippen LogP contribution in [-0.4, -0.2) is 38.5 Å². The zero-order valence-electron chi connectivity index (χ0n) is 19.5. The number of aromatic nitrogens is 3. The third-order valence-electron chi connectivity index (χ3n) is 6.03. The van der Waals surface area contributed by atoms with Crippen LogP contribution < -0.4 is 5.32 Å². The van der Waals surface area contributed by atoms with E-state index < -0.39 is 11.6 Å². The Labute approximate surface area is 194 Å². The number of carbonyl (C=O) groups is 2. The number of carbonyl (C=O) groups excluding carboxylic acids is 2. The summed E-state index contributed by atoms with van der Waals surface area (Å²) in [4.78, 5) is 24.8. The van der Waals surface area contributed by atoms with Gasteiger partial charge in [0.25, 0.3) is 5.91 Å². The van der Waals surface area contributed by atoms with Crippen molar-refractivity contribution in [2.45, 2.75) is 72.1 Å². The largest absolute Gasteiger partial charge is 0.455 e. The van der Waals surface area contributed by atoms with Crippen LogP contribution in [-0.2, 0) is 11.3 Å². The molecule has 0 bridgehead atoms. The minimum Gasteiger partial charge on any atom is -0.455 e. The van der Waals surface area contributed by atoms with Gasteiger partial charge in [-0.05, 0) is 75.6 Å². The predicted molar refractivity (Wildman–Crippen MR) is 124 cm³/mol. The van der Waals surface area contributed by atoms with Gasteiger partial charge in [0.05, 0.1) is 6.20 Å². The van der Waals surface area contributed by atoms with Crippen molar-refractivity contribution >= 4 is 23.5 Å². The van der Waals surface area contributed by atoms with Crippen LogP contribution in [0, 0.1) is 17.8 Å². The highest BCUT2D eigenvalue weighted by atomic mass is 35.5. The monoisotopic (exact) mass is 460 g/mol. The molecule has 1 aliphatic rings. The standard InChI is InChI=1S/C24H33ClN4O3/c1-6-17-18(12-13-29-14-20(27-28-29)23(31)32-24(3,4)5)21(17)19(7-2)26-22(30)15-8-10-16(25)11-9-15/h8-11,14,17-19,21H,6-7,12-13H2,1-5H3,(H,26,30). The Bertz CT molecular complexity index is 935. The SMILES string of the molecule is CCC(NC(=O)c1ccc(Cl)cc1)C1C(CC)C1CCn1cc(C(=O)OC(C)(C)C)nn1. The van der Waals surface area contributed by atoms with E-state index in [0.29, 0.717) is 34.9 Å². The minimum absolute atomic E-state index is 0.0627. The van der Waals surface area contributed by atoms with Crippen LogP contribution in [0.2, 0.25) is 5.02 Å². The second-order valence-corrected chi connectivity index (χ2v) is 9.90. The minimum atomic E-state index is -0.567. The van der Waals surface area contributed by atoms with E-state index in [9.17, 15) is 9.59 Å². The Morgan fingerprint density at radius 1 is 1.19 bits per heavy atom. The summed E-state index contributed by atoms with van der Waals surface area (Å²) in [5.41, 5.74) is 0.276. The summed E-state index contributed by atoms with van der Waals surface area (Å²) in [5, 5.41) is 11.9. The van der Waals surface area contributed by atoms with Crippen LogP contribution in [0.3, 0.4) is 0 Å². The summed E-state index contributed by atoms with van der Waals surface area (Å²) in [6.45, 7) is 10.5. The molecule has 1 N–H and O–H groups in total. The topological polar surface area (TPSA) is 86.1 Å². The summed E-state index contributed by atoms with van der Waals surface area (Å²) in [6.07, 6.45) is 4.52. The van der Waals surface area contributed by atoms with Crippen molar-refractivity contribution in [1.29, 1.82) is 0 Å². The maximum absolute atomic E-state index is 12.7. The summed E-state index contributed by atoms with van der Waals surface area (Å²) in [5.74, 6) is 0.988. The van der Waals surface area contributed by atoms with Crippen LogP contribution in [0.4, 0.5) is 0 Å². The smallest absolute Gasteiger partial charge is 0.361 e. The van der Waals surface area contributed by atoms with Crippen molar-refractivity contribution in [3.63, 3.8) is 0 Å². The summed E-state index contributed by atoms with van der Waals surface area (Å²) >= 11 is 5.93. The summed E-state index contributed by atoms with van der Waals surface area (Å²) in [6, 6.07) is 7.09. The number of halogens is 1. The first-order chi connectivity index (χ1) is 15.1. The van der Waals surface area contributed by atoms with Crippen LogP contribution in [0.15, 0.2) is 30.5 Å². The second kappa shape index (κ2) is 10.0. The number of hydrogen-bond acceptors (Lipinski definition) is 5. The highest BCUT2D eigenvalue weighted by Crippen LogP contribution is 2.53. The molecule has 4 atom stereocenters. The van der Waals surface area contributed by atoms with Crippen LogP contribution in [0.1, 0.15) is 74.7 Å². The first kappa shape index (κ1) is 24.2. The number of esters is 1. The van der Waals surface area contributed by atoms with E-state index in [4.69, 9.17) is 16.3 Å². The third-order valence-corrected chi connectivity index (χ3v) is 6.29. The Kier molecular flexibility index (Phi) is 7.59. The predicted octanol–water partition coefficient (Wildman–Crippen LogP) is 4.76. The van der Waals surface area contributed by atoms with Crippen molar-refractivity contribution in [3.8, 4) is 0 Å².